The summed E-state index contributed by atoms with van der Waals surface area (Å²) < 4.78 is 0. The molecule has 0 fully saturated rings. The lowest BCUT2D eigenvalue weighted by Crippen LogP contribution is -2.23. The Hall–Kier alpha value is -0.910. The molecule has 1 heterocycles. The fourth-order valence-electron chi connectivity index (χ4n) is 1.08. The van der Waals surface area contributed by atoms with Crippen molar-refractivity contribution in [2.75, 3.05) is 11.9 Å². The molecule has 0 saturated heterocycles. The van der Waals surface area contributed by atoms with E-state index in [1.165, 1.54) is 6.07 Å². The zero-order valence-corrected chi connectivity index (χ0v) is 10.2. The lowest BCUT2D eigenvalue weighted by atomic mass is 10.1. The first-order chi connectivity index (χ1) is 7.52. The Morgan fingerprint density at radius 3 is 2.81 bits per heavy atom. The molecule has 1 aromatic rings. The quantitative estimate of drug-likeness (QED) is 0.640. The second kappa shape index (κ2) is 5.98. The maximum atomic E-state index is 11.6. The van der Waals surface area contributed by atoms with Crippen molar-refractivity contribution < 1.29 is 4.79 Å². The van der Waals surface area contributed by atoms with Gasteiger partial charge in [-0.15, -0.1) is 0 Å². The van der Waals surface area contributed by atoms with Crippen molar-refractivity contribution in [3.63, 3.8) is 0 Å². The number of amides is 1. The van der Waals surface area contributed by atoms with Crippen LogP contribution in [-0.2, 0) is 4.79 Å². The van der Waals surface area contributed by atoms with Crippen molar-refractivity contribution >= 4 is 34.9 Å². The van der Waals surface area contributed by atoms with Crippen molar-refractivity contribution in [1.29, 1.82) is 0 Å². The molecule has 0 aliphatic carbocycles. The lowest BCUT2D eigenvalue weighted by Gasteiger charge is -2.10. The number of nitrogens with one attached hydrogen (secondary N) is 1. The normalized spacial score (nSPS) is 12.2. The van der Waals surface area contributed by atoms with E-state index in [2.05, 4.69) is 15.3 Å². The first-order valence-electron chi connectivity index (χ1n) is 4.74. The zero-order valence-electron chi connectivity index (χ0n) is 8.70. The van der Waals surface area contributed by atoms with Gasteiger partial charge in [0.05, 0.1) is 0 Å². The van der Waals surface area contributed by atoms with E-state index in [0.29, 0.717) is 18.8 Å². The summed E-state index contributed by atoms with van der Waals surface area (Å²) in [5.74, 6) is -0.0623. The Morgan fingerprint density at radius 2 is 2.25 bits per heavy atom. The number of hydrogen-bond donors (Lipinski definition) is 2. The van der Waals surface area contributed by atoms with Crippen LogP contribution in [0.2, 0.25) is 10.4 Å². The van der Waals surface area contributed by atoms with E-state index in [0.717, 1.165) is 0 Å². The predicted molar refractivity (Wildman–Crippen MR) is 63.5 cm³/mol. The summed E-state index contributed by atoms with van der Waals surface area (Å²) >= 11 is 11.3. The highest BCUT2D eigenvalue weighted by atomic mass is 35.5. The molecule has 0 spiro atoms. The molecule has 1 rings (SSSR count). The third-order valence-electron chi connectivity index (χ3n) is 1.97. The Labute approximate surface area is 103 Å². The molecule has 0 radical (unpaired) electrons. The summed E-state index contributed by atoms with van der Waals surface area (Å²) in [5.41, 5.74) is 5.36. The SMILES string of the molecule is CC(CCN)C(=O)Nc1cc(Cl)nc(Cl)n1. The highest BCUT2D eigenvalue weighted by molar-refractivity contribution is 6.32. The molecule has 3 N–H and O–H groups in total. The summed E-state index contributed by atoms with van der Waals surface area (Å²) in [7, 11) is 0. The first kappa shape index (κ1) is 13.2. The van der Waals surface area contributed by atoms with Gasteiger partial charge in [-0.2, -0.15) is 0 Å². The average molecular weight is 263 g/mol. The zero-order chi connectivity index (χ0) is 12.1. The van der Waals surface area contributed by atoms with Gasteiger partial charge in [0, 0.05) is 12.0 Å². The summed E-state index contributed by atoms with van der Waals surface area (Å²) in [6.07, 6.45) is 0.610. The Kier molecular flexibility index (Phi) is 4.92. The first-order valence-corrected chi connectivity index (χ1v) is 5.49. The number of nitrogens with zero attached hydrogens (tertiary/aromatic N) is 2. The molecule has 16 heavy (non-hydrogen) atoms. The second-order valence-corrected chi connectivity index (χ2v) is 4.04. The number of anilines is 1. The third-order valence-corrected chi connectivity index (χ3v) is 2.33. The van der Waals surface area contributed by atoms with Crippen molar-refractivity contribution in [3.05, 3.63) is 16.5 Å². The van der Waals surface area contributed by atoms with E-state index in [1.54, 1.807) is 6.92 Å². The van der Waals surface area contributed by atoms with Crippen molar-refractivity contribution in [2.24, 2.45) is 11.7 Å². The van der Waals surface area contributed by atoms with Gasteiger partial charge in [-0.25, -0.2) is 9.97 Å². The number of halogens is 2. The number of aromatic nitrogens is 2. The molecule has 88 valence electrons. The molecule has 1 aromatic heterocycles. The van der Waals surface area contributed by atoms with E-state index in [1.807, 2.05) is 0 Å². The Balaban J connectivity index is 2.69. The minimum Gasteiger partial charge on any atom is -0.330 e. The van der Waals surface area contributed by atoms with Crippen LogP contribution in [0.3, 0.4) is 0 Å². The molecular formula is C9H12Cl2N4O. The van der Waals surface area contributed by atoms with Gasteiger partial charge in [0.2, 0.25) is 11.2 Å². The van der Waals surface area contributed by atoms with Crippen LogP contribution in [0.1, 0.15) is 13.3 Å². The molecule has 0 bridgehead atoms. The number of carbonyl (C=O) groups is 1. The van der Waals surface area contributed by atoms with Crippen LogP contribution in [0.15, 0.2) is 6.07 Å². The number of rotatable bonds is 4. The molecule has 5 nitrogen and oxygen atoms in total. The van der Waals surface area contributed by atoms with Gasteiger partial charge in [0.15, 0.2) is 0 Å². The smallest absolute Gasteiger partial charge is 0.228 e. The van der Waals surface area contributed by atoms with Crippen LogP contribution < -0.4 is 11.1 Å². The van der Waals surface area contributed by atoms with Gasteiger partial charge < -0.3 is 11.1 Å². The van der Waals surface area contributed by atoms with Crippen LogP contribution in [0, 0.1) is 5.92 Å². The van der Waals surface area contributed by atoms with Crippen LogP contribution in [0.4, 0.5) is 5.82 Å². The topological polar surface area (TPSA) is 80.9 Å². The number of nitrogens with two attached hydrogens (primary N) is 1. The maximum absolute atomic E-state index is 11.6. The highest BCUT2D eigenvalue weighted by Gasteiger charge is 2.13. The second-order valence-electron chi connectivity index (χ2n) is 3.31. The summed E-state index contributed by atoms with van der Waals surface area (Å²) in [6.45, 7) is 2.24. The molecule has 0 aromatic carbocycles. The number of hydrogen-bond acceptors (Lipinski definition) is 4. The van der Waals surface area contributed by atoms with Crippen LogP contribution in [-0.4, -0.2) is 22.4 Å². The molecule has 1 unspecified atom stereocenters. The van der Waals surface area contributed by atoms with Crippen molar-refractivity contribution in [2.45, 2.75) is 13.3 Å². The standard InChI is InChI=1S/C9H12Cl2N4O/c1-5(2-3-12)8(16)14-7-4-6(10)13-9(11)15-7/h4-5H,2-3,12H2,1H3,(H,13,14,15,16). The fourth-order valence-corrected chi connectivity index (χ4v) is 1.49. The van der Waals surface area contributed by atoms with Gasteiger partial charge in [-0.3, -0.25) is 4.79 Å². The van der Waals surface area contributed by atoms with E-state index < -0.39 is 0 Å². The van der Waals surface area contributed by atoms with Crippen molar-refractivity contribution in [3.8, 4) is 0 Å². The molecule has 7 heteroatoms. The highest BCUT2D eigenvalue weighted by Crippen LogP contribution is 2.15. The van der Waals surface area contributed by atoms with E-state index in [4.69, 9.17) is 28.9 Å². The van der Waals surface area contributed by atoms with E-state index in [-0.39, 0.29) is 22.3 Å². The lowest BCUT2D eigenvalue weighted by molar-refractivity contribution is -0.119. The van der Waals surface area contributed by atoms with Crippen LogP contribution in [0.25, 0.3) is 0 Å². The summed E-state index contributed by atoms with van der Waals surface area (Å²) in [6, 6.07) is 1.43. The van der Waals surface area contributed by atoms with Gasteiger partial charge in [0.1, 0.15) is 11.0 Å². The largest absolute Gasteiger partial charge is 0.330 e. The van der Waals surface area contributed by atoms with Gasteiger partial charge in [-0.05, 0) is 24.6 Å². The average Bonchev–Trinajstić information content (AvgIpc) is 2.16. The van der Waals surface area contributed by atoms with E-state index in [9.17, 15) is 4.79 Å². The minimum absolute atomic E-state index is 0.00530. The molecule has 0 aliphatic rings. The maximum Gasteiger partial charge on any atom is 0.228 e. The Bertz CT molecular complexity index is 366. The third kappa shape index (κ3) is 3.92. The molecule has 1 amide bonds. The summed E-state index contributed by atoms with van der Waals surface area (Å²) in [4.78, 5) is 19.1. The molecule has 0 aliphatic heterocycles. The van der Waals surface area contributed by atoms with Crippen LogP contribution in [0.5, 0.6) is 0 Å². The van der Waals surface area contributed by atoms with Crippen molar-refractivity contribution in [1.82, 2.24) is 9.97 Å². The monoisotopic (exact) mass is 262 g/mol. The minimum atomic E-state index is -0.183. The van der Waals surface area contributed by atoms with Crippen LogP contribution >= 0.6 is 23.2 Å². The summed E-state index contributed by atoms with van der Waals surface area (Å²) in [5, 5.41) is 2.77. The Morgan fingerprint density at radius 1 is 1.56 bits per heavy atom. The van der Waals surface area contributed by atoms with E-state index >= 15 is 0 Å². The van der Waals surface area contributed by atoms with Gasteiger partial charge in [-0.1, -0.05) is 18.5 Å². The number of carbonyl (C=O) groups excluding carboxylic acids is 1. The van der Waals surface area contributed by atoms with Gasteiger partial charge >= 0.3 is 0 Å². The molecule has 0 saturated carbocycles. The fraction of sp³-hybridized carbons (Fsp3) is 0.444. The molecular weight excluding hydrogens is 251 g/mol. The van der Waals surface area contributed by atoms with Gasteiger partial charge in [0.25, 0.3) is 0 Å². The molecule has 1 atom stereocenters. The predicted octanol–water partition coefficient (Wildman–Crippen LogP) is 1.71.